The van der Waals surface area contributed by atoms with Gasteiger partial charge in [-0.3, -0.25) is 4.90 Å². The lowest BCUT2D eigenvalue weighted by Crippen LogP contribution is -2.38. The highest BCUT2D eigenvalue weighted by molar-refractivity contribution is 5.48. The average Bonchev–Trinajstić information content (AvgIpc) is 2.58. The Morgan fingerprint density at radius 3 is 2.32 bits per heavy atom. The van der Waals surface area contributed by atoms with Gasteiger partial charge in [0.25, 0.3) is 0 Å². The van der Waals surface area contributed by atoms with Gasteiger partial charge in [0, 0.05) is 31.4 Å². The molecule has 1 N–H and O–H groups in total. The maximum Gasteiger partial charge on any atom is 0.419 e. The summed E-state index contributed by atoms with van der Waals surface area (Å²) in [7, 11) is 0. The van der Waals surface area contributed by atoms with Gasteiger partial charge in [-0.05, 0) is 36.6 Å². The fourth-order valence-corrected chi connectivity index (χ4v) is 3.15. The lowest BCUT2D eigenvalue weighted by atomic mass is 10.0. The third-order valence-corrected chi connectivity index (χ3v) is 4.48. The van der Waals surface area contributed by atoms with Gasteiger partial charge in [0.05, 0.1) is 5.56 Å². The van der Waals surface area contributed by atoms with Crippen LogP contribution < -0.4 is 5.32 Å². The Bertz CT molecular complexity index is 692. The molecule has 1 aliphatic rings. The summed E-state index contributed by atoms with van der Waals surface area (Å²) in [5.41, 5.74) is 0.344. The summed E-state index contributed by atoms with van der Waals surface area (Å²) in [5, 5.41) is 3.11. The van der Waals surface area contributed by atoms with Crippen LogP contribution in [0.5, 0.6) is 0 Å². The lowest BCUT2D eigenvalue weighted by Gasteiger charge is -2.33. The number of hydrogen-bond donors (Lipinski definition) is 1. The number of benzene rings is 2. The van der Waals surface area contributed by atoms with E-state index < -0.39 is 17.6 Å². The van der Waals surface area contributed by atoms with Crippen LogP contribution in [0.1, 0.15) is 24.0 Å². The molecule has 134 valence electrons. The van der Waals surface area contributed by atoms with E-state index in [0.29, 0.717) is 5.69 Å². The molecule has 0 unspecified atom stereocenters. The molecule has 0 saturated carbocycles. The molecule has 0 radical (unpaired) electrons. The SMILES string of the molecule is Fc1ccc(NC2CCN(Cc3ccccc3)CC2)cc1C(F)(F)F. The van der Waals surface area contributed by atoms with Gasteiger partial charge in [-0.1, -0.05) is 30.3 Å². The van der Waals surface area contributed by atoms with Gasteiger partial charge in [-0.2, -0.15) is 13.2 Å². The molecule has 0 atom stereocenters. The van der Waals surface area contributed by atoms with Gasteiger partial charge in [0.15, 0.2) is 0 Å². The monoisotopic (exact) mass is 352 g/mol. The molecule has 0 aliphatic carbocycles. The quantitative estimate of drug-likeness (QED) is 0.786. The zero-order valence-electron chi connectivity index (χ0n) is 13.7. The molecular weight excluding hydrogens is 332 g/mol. The Hall–Kier alpha value is -2.08. The maximum absolute atomic E-state index is 13.3. The normalized spacial score (nSPS) is 16.8. The molecule has 1 saturated heterocycles. The molecule has 1 aliphatic heterocycles. The molecule has 2 nitrogen and oxygen atoms in total. The van der Waals surface area contributed by atoms with Gasteiger partial charge >= 0.3 is 6.18 Å². The van der Waals surface area contributed by atoms with E-state index in [-0.39, 0.29) is 6.04 Å². The number of nitrogens with one attached hydrogen (secondary N) is 1. The molecule has 25 heavy (non-hydrogen) atoms. The van der Waals surface area contributed by atoms with Gasteiger partial charge in [0.2, 0.25) is 0 Å². The van der Waals surface area contributed by atoms with E-state index in [1.807, 2.05) is 18.2 Å². The van der Waals surface area contributed by atoms with E-state index in [2.05, 4.69) is 22.3 Å². The molecule has 0 spiro atoms. The first-order valence-electron chi connectivity index (χ1n) is 8.31. The number of piperidine rings is 1. The standard InChI is InChI=1S/C19H20F4N2/c20-18-7-6-16(12-17(18)19(21,22)23)24-15-8-10-25(11-9-15)13-14-4-2-1-3-5-14/h1-7,12,15,24H,8-11,13H2. The van der Waals surface area contributed by atoms with E-state index in [1.165, 1.54) is 11.6 Å². The molecule has 6 heteroatoms. The van der Waals surface area contributed by atoms with E-state index in [4.69, 9.17) is 0 Å². The van der Waals surface area contributed by atoms with Crippen LogP contribution in [0.2, 0.25) is 0 Å². The molecule has 2 aromatic rings. The fourth-order valence-electron chi connectivity index (χ4n) is 3.15. The van der Waals surface area contributed by atoms with Crippen molar-refractivity contribution in [2.75, 3.05) is 18.4 Å². The van der Waals surface area contributed by atoms with Crippen molar-refractivity contribution in [3.8, 4) is 0 Å². The number of alkyl halides is 3. The molecule has 0 amide bonds. The summed E-state index contributed by atoms with van der Waals surface area (Å²) >= 11 is 0. The highest BCUT2D eigenvalue weighted by Crippen LogP contribution is 2.33. The van der Waals surface area contributed by atoms with E-state index in [0.717, 1.165) is 44.6 Å². The summed E-state index contributed by atoms with van der Waals surface area (Å²) in [6, 6.07) is 13.4. The molecule has 3 rings (SSSR count). The summed E-state index contributed by atoms with van der Waals surface area (Å²) in [4.78, 5) is 2.33. The van der Waals surface area contributed by atoms with Crippen LogP contribution in [-0.4, -0.2) is 24.0 Å². The smallest absolute Gasteiger partial charge is 0.382 e. The minimum Gasteiger partial charge on any atom is -0.382 e. The van der Waals surface area contributed by atoms with E-state index >= 15 is 0 Å². The molecule has 0 aromatic heterocycles. The van der Waals surface area contributed by atoms with Crippen LogP contribution in [-0.2, 0) is 12.7 Å². The Kier molecular flexibility index (Phi) is 5.27. The molecular formula is C19H20F4N2. The van der Waals surface area contributed by atoms with Crippen LogP contribution >= 0.6 is 0 Å². The number of halogens is 4. The third-order valence-electron chi connectivity index (χ3n) is 4.48. The van der Waals surface area contributed by atoms with Crippen LogP contribution in [0, 0.1) is 5.82 Å². The van der Waals surface area contributed by atoms with Gasteiger partial charge in [-0.15, -0.1) is 0 Å². The minimum absolute atomic E-state index is 0.0959. The molecule has 0 bridgehead atoms. The van der Waals surface area contributed by atoms with Gasteiger partial charge < -0.3 is 5.32 Å². The first-order valence-corrected chi connectivity index (χ1v) is 8.31. The number of likely N-dealkylation sites (tertiary alicyclic amines) is 1. The Morgan fingerprint density at radius 1 is 1.00 bits per heavy atom. The highest BCUT2D eigenvalue weighted by Gasteiger charge is 2.34. The Morgan fingerprint density at radius 2 is 1.68 bits per heavy atom. The molecule has 2 aromatic carbocycles. The van der Waals surface area contributed by atoms with Crippen molar-refractivity contribution in [3.63, 3.8) is 0 Å². The summed E-state index contributed by atoms with van der Waals surface area (Å²) in [5.74, 6) is -1.24. The van der Waals surface area contributed by atoms with Crippen LogP contribution in [0.4, 0.5) is 23.2 Å². The first-order chi connectivity index (χ1) is 11.9. The zero-order valence-corrected chi connectivity index (χ0v) is 13.7. The predicted octanol–water partition coefficient (Wildman–Crippen LogP) is 4.92. The third kappa shape index (κ3) is 4.72. The second-order valence-corrected chi connectivity index (χ2v) is 6.37. The van der Waals surface area contributed by atoms with E-state index in [1.54, 1.807) is 0 Å². The number of anilines is 1. The average molecular weight is 352 g/mol. The van der Waals surface area contributed by atoms with Crippen LogP contribution in [0.15, 0.2) is 48.5 Å². The van der Waals surface area contributed by atoms with E-state index in [9.17, 15) is 17.6 Å². The summed E-state index contributed by atoms with van der Waals surface area (Å²) < 4.78 is 51.7. The summed E-state index contributed by atoms with van der Waals surface area (Å²) in [6.45, 7) is 2.63. The van der Waals surface area contributed by atoms with Crippen molar-refractivity contribution >= 4 is 5.69 Å². The van der Waals surface area contributed by atoms with Gasteiger partial charge in [0.1, 0.15) is 5.82 Å². The molecule has 1 fully saturated rings. The minimum atomic E-state index is -4.68. The number of rotatable bonds is 4. The first kappa shape index (κ1) is 17.7. The Labute approximate surface area is 144 Å². The highest BCUT2D eigenvalue weighted by atomic mass is 19.4. The Balaban J connectivity index is 1.56. The summed E-state index contributed by atoms with van der Waals surface area (Å²) in [6.07, 6.45) is -3.00. The zero-order chi connectivity index (χ0) is 17.9. The number of nitrogens with zero attached hydrogens (tertiary/aromatic N) is 1. The lowest BCUT2D eigenvalue weighted by molar-refractivity contribution is -0.139. The van der Waals surface area contributed by atoms with Crippen molar-refractivity contribution in [2.24, 2.45) is 0 Å². The topological polar surface area (TPSA) is 15.3 Å². The second kappa shape index (κ2) is 7.44. The fraction of sp³-hybridized carbons (Fsp3) is 0.368. The van der Waals surface area contributed by atoms with Crippen molar-refractivity contribution < 1.29 is 17.6 Å². The van der Waals surface area contributed by atoms with Crippen LogP contribution in [0.25, 0.3) is 0 Å². The molecule has 1 heterocycles. The number of hydrogen-bond acceptors (Lipinski definition) is 2. The van der Waals surface area contributed by atoms with Gasteiger partial charge in [-0.25, -0.2) is 4.39 Å². The predicted molar refractivity (Wildman–Crippen MR) is 89.8 cm³/mol. The maximum atomic E-state index is 13.3. The second-order valence-electron chi connectivity index (χ2n) is 6.37. The van der Waals surface area contributed by atoms with Crippen LogP contribution in [0.3, 0.4) is 0 Å². The van der Waals surface area contributed by atoms with Crippen molar-refractivity contribution in [1.29, 1.82) is 0 Å². The largest absolute Gasteiger partial charge is 0.419 e. The van der Waals surface area contributed by atoms with Crippen molar-refractivity contribution in [3.05, 3.63) is 65.5 Å². The van der Waals surface area contributed by atoms with Crippen molar-refractivity contribution in [2.45, 2.75) is 31.6 Å². The van der Waals surface area contributed by atoms with Crippen molar-refractivity contribution in [1.82, 2.24) is 4.90 Å².